The van der Waals surface area contributed by atoms with Crippen molar-refractivity contribution in [1.29, 1.82) is 0 Å². The maximum atomic E-state index is 11.8. The lowest BCUT2D eigenvalue weighted by atomic mass is 10.0. The second kappa shape index (κ2) is 5.68. The molecule has 0 radical (unpaired) electrons. The number of carbonyl (C=O) groups excluding carboxylic acids is 1. The molecular formula is C12H15BrN6O. The van der Waals surface area contributed by atoms with E-state index in [1.807, 2.05) is 13.8 Å². The zero-order valence-electron chi connectivity index (χ0n) is 11.2. The fourth-order valence-electron chi connectivity index (χ4n) is 1.45. The maximum Gasteiger partial charge on any atom is 0.247 e. The molecule has 7 nitrogen and oxygen atoms in total. The highest BCUT2D eigenvalue weighted by Gasteiger charge is 2.18. The average Bonchev–Trinajstić information content (AvgIpc) is 2.80. The second-order valence-corrected chi connectivity index (χ2v) is 5.85. The number of pyridine rings is 1. The molecule has 106 valence electrons. The van der Waals surface area contributed by atoms with E-state index in [1.165, 1.54) is 4.68 Å². The van der Waals surface area contributed by atoms with Crippen LogP contribution in [0, 0.1) is 0 Å². The minimum atomic E-state index is -0.581. The van der Waals surface area contributed by atoms with Gasteiger partial charge in [-0.15, -0.1) is 5.10 Å². The van der Waals surface area contributed by atoms with Crippen LogP contribution in [0.3, 0.4) is 0 Å². The molecule has 1 amide bonds. The number of rotatable bonds is 4. The molecule has 0 saturated heterocycles. The Bertz CT molecular complexity index is 601. The van der Waals surface area contributed by atoms with Gasteiger partial charge in [-0.05, 0) is 41.9 Å². The molecule has 0 bridgehead atoms. The van der Waals surface area contributed by atoms with Crippen molar-refractivity contribution in [1.82, 2.24) is 20.0 Å². The molecule has 0 aliphatic carbocycles. The van der Waals surface area contributed by atoms with E-state index in [1.54, 1.807) is 24.5 Å². The van der Waals surface area contributed by atoms with Gasteiger partial charge in [-0.25, -0.2) is 9.67 Å². The SMILES string of the molecule is CC(C)(N)c1cn(CC(=O)Nc2ccc(Br)cn2)nn1. The predicted molar refractivity (Wildman–Crippen MR) is 77.8 cm³/mol. The number of carbonyl (C=O) groups is 1. The van der Waals surface area contributed by atoms with Gasteiger partial charge in [0.2, 0.25) is 5.91 Å². The Morgan fingerprint density at radius 1 is 1.50 bits per heavy atom. The number of hydrogen-bond donors (Lipinski definition) is 2. The van der Waals surface area contributed by atoms with Crippen LogP contribution in [0.5, 0.6) is 0 Å². The van der Waals surface area contributed by atoms with Crippen LogP contribution in [0.2, 0.25) is 0 Å². The van der Waals surface area contributed by atoms with E-state index in [4.69, 9.17) is 5.73 Å². The van der Waals surface area contributed by atoms with E-state index >= 15 is 0 Å². The zero-order valence-corrected chi connectivity index (χ0v) is 12.8. The van der Waals surface area contributed by atoms with Crippen LogP contribution in [0.1, 0.15) is 19.5 Å². The zero-order chi connectivity index (χ0) is 14.8. The van der Waals surface area contributed by atoms with Crippen molar-refractivity contribution >= 4 is 27.7 Å². The van der Waals surface area contributed by atoms with Crippen molar-refractivity contribution in [2.24, 2.45) is 5.73 Å². The van der Waals surface area contributed by atoms with Gasteiger partial charge in [0, 0.05) is 10.7 Å². The standard InChI is InChI=1S/C12H15BrN6O/c1-12(2,14)9-6-19(18-17-9)7-11(20)16-10-4-3-8(13)5-15-10/h3-6H,7,14H2,1-2H3,(H,15,16,20). The van der Waals surface area contributed by atoms with Crippen LogP contribution in [-0.2, 0) is 16.9 Å². The van der Waals surface area contributed by atoms with Gasteiger partial charge >= 0.3 is 0 Å². The van der Waals surface area contributed by atoms with Crippen molar-refractivity contribution in [2.45, 2.75) is 25.9 Å². The number of nitrogens with two attached hydrogens (primary N) is 1. The Kier molecular flexibility index (Phi) is 4.15. The monoisotopic (exact) mass is 338 g/mol. The minimum Gasteiger partial charge on any atom is -0.320 e. The number of anilines is 1. The molecule has 2 heterocycles. The van der Waals surface area contributed by atoms with Crippen molar-refractivity contribution in [3.63, 3.8) is 0 Å². The first-order valence-corrected chi connectivity index (χ1v) is 6.75. The molecule has 3 N–H and O–H groups in total. The average molecular weight is 339 g/mol. The summed E-state index contributed by atoms with van der Waals surface area (Å²) in [5.74, 6) is 0.254. The fourth-order valence-corrected chi connectivity index (χ4v) is 1.68. The lowest BCUT2D eigenvalue weighted by Gasteiger charge is -2.13. The number of halogens is 1. The van der Waals surface area contributed by atoms with Crippen LogP contribution in [0.25, 0.3) is 0 Å². The van der Waals surface area contributed by atoms with Gasteiger partial charge in [0.15, 0.2) is 0 Å². The van der Waals surface area contributed by atoms with Crippen LogP contribution < -0.4 is 11.1 Å². The number of hydrogen-bond acceptors (Lipinski definition) is 5. The maximum absolute atomic E-state index is 11.8. The van der Waals surface area contributed by atoms with Crippen molar-refractivity contribution in [2.75, 3.05) is 5.32 Å². The van der Waals surface area contributed by atoms with Crippen LogP contribution in [0.15, 0.2) is 29.0 Å². The van der Waals surface area contributed by atoms with Crippen molar-refractivity contribution in [3.8, 4) is 0 Å². The molecule has 2 aromatic heterocycles. The molecule has 0 aliphatic rings. The van der Waals surface area contributed by atoms with Gasteiger partial charge in [-0.2, -0.15) is 0 Å². The summed E-state index contributed by atoms with van der Waals surface area (Å²) in [5.41, 5.74) is 5.96. The van der Waals surface area contributed by atoms with Gasteiger partial charge in [-0.3, -0.25) is 4.79 Å². The predicted octanol–water partition coefficient (Wildman–Crippen LogP) is 1.27. The third-order valence-electron chi connectivity index (χ3n) is 2.50. The molecule has 2 rings (SSSR count). The van der Waals surface area contributed by atoms with E-state index in [2.05, 4.69) is 36.5 Å². The Morgan fingerprint density at radius 2 is 2.25 bits per heavy atom. The topological polar surface area (TPSA) is 98.7 Å². The van der Waals surface area contributed by atoms with Crippen molar-refractivity contribution < 1.29 is 4.79 Å². The van der Waals surface area contributed by atoms with Crippen LogP contribution in [-0.4, -0.2) is 25.9 Å². The largest absolute Gasteiger partial charge is 0.320 e. The highest BCUT2D eigenvalue weighted by molar-refractivity contribution is 9.10. The van der Waals surface area contributed by atoms with Crippen molar-refractivity contribution in [3.05, 3.63) is 34.7 Å². The molecule has 8 heteroatoms. The normalized spacial score (nSPS) is 11.4. The summed E-state index contributed by atoms with van der Waals surface area (Å²) < 4.78 is 2.29. The van der Waals surface area contributed by atoms with E-state index in [0.717, 1.165) is 4.47 Å². The summed E-state index contributed by atoms with van der Waals surface area (Å²) in [7, 11) is 0. The molecule has 0 unspecified atom stereocenters. The fraction of sp³-hybridized carbons (Fsp3) is 0.333. The van der Waals surface area contributed by atoms with E-state index in [0.29, 0.717) is 11.5 Å². The second-order valence-electron chi connectivity index (χ2n) is 4.93. The molecule has 0 fully saturated rings. The van der Waals surface area contributed by atoms with Crippen LogP contribution >= 0.6 is 15.9 Å². The first-order chi connectivity index (χ1) is 9.34. The van der Waals surface area contributed by atoms with E-state index in [-0.39, 0.29) is 12.5 Å². The Hall–Kier alpha value is -1.80. The van der Waals surface area contributed by atoms with Crippen LogP contribution in [0.4, 0.5) is 5.82 Å². The summed E-state index contributed by atoms with van der Waals surface area (Å²) in [6.45, 7) is 3.71. The Morgan fingerprint density at radius 3 is 2.80 bits per heavy atom. The van der Waals surface area contributed by atoms with E-state index < -0.39 is 5.54 Å². The number of aromatic nitrogens is 4. The third-order valence-corrected chi connectivity index (χ3v) is 2.97. The van der Waals surface area contributed by atoms with E-state index in [9.17, 15) is 4.79 Å². The van der Waals surface area contributed by atoms with Gasteiger partial charge in [0.1, 0.15) is 18.1 Å². The quantitative estimate of drug-likeness (QED) is 0.874. The summed E-state index contributed by atoms with van der Waals surface area (Å²) in [6.07, 6.45) is 3.27. The summed E-state index contributed by atoms with van der Waals surface area (Å²) in [5, 5.41) is 10.5. The minimum absolute atomic E-state index is 0.0564. The summed E-state index contributed by atoms with van der Waals surface area (Å²) >= 11 is 3.28. The first kappa shape index (κ1) is 14.6. The Balaban J connectivity index is 1.98. The molecule has 0 spiro atoms. The van der Waals surface area contributed by atoms with Gasteiger partial charge < -0.3 is 11.1 Å². The molecule has 20 heavy (non-hydrogen) atoms. The molecule has 0 saturated carbocycles. The highest BCUT2D eigenvalue weighted by atomic mass is 79.9. The molecular weight excluding hydrogens is 324 g/mol. The number of amides is 1. The summed E-state index contributed by atoms with van der Waals surface area (Å²) in [4.78, 5) is 15.9. The third kappa shape index (κ3) is 3.84. The molecule has 0 aromatic carbocycles. The Labute approximate surface area is 124 Å². The first-order valence-electron chi connectivity index (χ1n) is 5.95. The smallest absolute Gasteiger partial charge is 0.247 e. The lowest BCUT2D eigenvalue weighted by Crippen LogP contribution is -2.29. The lowest BCUT2D eigenvalue weighted by molar-refractivity contribution is -0.116. The highest BCUT2D eigenvalue weighted by Crippen LogP contribution is 2.13. The number of nitrogens with zero attached hydrogens (tertiary/aromatic N) is 4. The number of nitrogens with one attached hydrogen (secondary N) is 1. The van der Waals surface area contributed by atoms with Gasteiger partial charge in [0.05, 0.1) is 11.7 Å². The van der Waals surface area contributed by atoms with Gasteiger partial charge in [0.25, 0.3) is 0 Å². The summed E-state index contributed by atoms with van der Waals surface area (Å²) in [6, 6.07) is 3.50. The molecule has 0 aliphatic heterocycles. The molecule has 2 aromatic rings. The van der Waals surface area contributed by atoms with Gasteiger partial charge in [-0.1, -0.05) is 5.21 Å². The molecule has 0 atom stereocenters.